The van der Waals surface area contributed by atoms with E-state index in [4.69, 9.17) is 4.74 Å². The summed E-state index contributed by atoms with van der Waals surface area (Å²) in [6.07, 6.45) is 3.38. The number of carbonyl (C=O) groups is 2. The standard InChI is InChI=1S/C21H20O3/c1-24-21(23)18-14-8-13-17(19(18)15-9-4-2-5-10-15)20(22)16-11-6-3-7-12-16/h2-7,9-13,18-19H,8,14H2,1H3. The number of Topliss-reactive ketones (excluding diaryl/α,β-unsaturated/α-hetero) is 1. The van der Waals surface area contributed by atoms with Gasteiger partial charge < -0.3 is 4.74 Å². The molecule has 122 valence electrons. The fraction of sp³-hybridized carbons (Fsp3) is 0.238. The predicted octanol–water partition coefficient (Wildman–Crippen LogP) is 4.16. The molecule has 2 unspecified atom stereocenters. The molecule has 0 amide bonds. The lowest BCUT2D eigenvalue weighted by Gasteiger charge is -2.30. The molecule has 24 heavy (non-hydrogen) atoms. The van der Waals surface area contributed by atoms with Gasteiger partial charge in [-0.05, 0) is 18.4 Å². The summed E-state index contributed by atoms with van der Waals surface area (Å²) in [4.78, 5) is 25.3. The van der Waals surface area contributed by atoms with Gasteiger partial charge in [-0.1, -0.05) is 66.7 Å². The van der Waals surface area contributed by atoms with Gasteiger partial charge >= 0.3 is 5.97 Å². The fourth-order valence-electron chi connectivity index (χ4n) is 3.40. The quantitative estimate of drug-likeness (QED) is 0.627. The molecule has 0 aromatic heterocycles. The van der Waals surface area contributed by atoms with Crippen molar-refractivity contribution in [1.29, 1.82) is 0 Å². The van der Waals surface area contributed by atoms with Gasteiger partial charge in [0.05, 0.1) is 13.0 Å². The van der Waals surface area contributed by atoms with Gasteiger partial charge in [0.15, 0.2) is 5.78 Å². The highest BCUT2D eigenvalue weighted by Gasteiger charge is 2.37. The smallest absolute Gasteiger partial charge is 0.309 e. The summed E-state index contributed by atoms with van der Waals surface area (Å²) in [6.45, 7) is 0. The maximum Gasteiger partial charge on any atom is 0.309 e. The third-order valence-corrected chi connectivity index (χ3v) is 4.54. The number of ether oxygens (including phenoxy) is 1. The molecular formula is C21H20O3. The summed E-state index contributed by atoms with van der Waals surface area (Å²) in [5.74, 6) is -0.862. The second-order valence-corrected chi connectivity index (χ2v) is 5.95. The van der Waals surface area contributed by atoms with Crippen LogP contribution in [-0.4, -0.2) is 18.9 Å². The topological polar surface area (TPSA) is 43.4 Å². The van der Waals surface area contributed by atoms with Crippen molar-refractivity contribution in [2.24, 2.45) is 5.92 Å². The number of esters is 1. The lowest BCUT2D eigenvalue weighted by Crippen LogP contribution is -2.30. The molecule has 0 saturated heterocycles. The lowest BCUT2D eigenvalue weighted by atomic mass is 9.72. The minimum Gasteiger partial charge on any atom is -0.469 e. The van der Waals surface area contributed by atoms with Crippen LogP contribution in [0.2, 0.25) is 0 Å². The van der Waals surface area contributed by atoms with Crippen molar-refractivity contribution in [1.82, 2.24) is 0 Å². The first-order valence-corrected chi connectivity index (χ1v) is 8.15. The number of carbonyl (C=O) groups excluding carboxylic acids is 2. The van der Waals surface area contributed by atoms with Crippen LogP contribution in [0.4, 0.5) is 0 Å². The van der Waals surface area contributed by atoms with Crippen LogP contribution in [0.15, 0.2) is 72.3 Å². The highest BCUT2D eigenvalue weighted by atomic mass is 16.5. The largest absolute Gasteiger partial charge is 0.469 e. The van der Waals surface area contributed by atoms with E-state index in [-0.39, 0.29) is 23.6 Å². The normalized spacial score (nSPS) is 20.1. The van der Waals surface area contributed by atoms with Crippen LogP contribution in [0.5, 0.6) is 0 Å². The van der Waals surface area contributed by atoms with Gasteiger partial charge in [0, 0.05) is 17.1 Å². The Morgan fingerprint density at radius 2 is 1.58 bits per heavy atom. The Hall–Kier alpha value is -2.68. The van der Waals surface area contributed by atoms with Crippen molar-refractivity contribution in [3.8, 4) is 0 Å². The van der Waals surface area contributed by atoms with Gasteiger partial charge in [0.25, 0.3) is 0 Å². The van der Waals surface area contributed by atoms with Crippen LogP contribution in [0.25, 0.3) is 0 Å². The minimum atomic E-state index is -0.329. The Balaban J connectivity index is 2.04. The van der Waals surface area contributed by atoms with Crippen molar-refractivity contribution in [2.45, 2.75) is 18.8 Å². The molecule has 0 fully saturated rings. The SMILES string of the molecule is COC(=O)C1CCC=C(C(=O)c2ccccc2)C1c1ccccc1. The molecule has 3 rings (SSSR count). The van der Waals surface area contributed by atoms with Crippen molar-refractivity contribution < 1.29 is 14.3 Å². The molecule has 0 bridgehead atoms. The number of ketones is 1. The number of benzene rings is 2. The van der Waals surface area contributed by atoms with E-state index >= 15 is 0 Å². The first kappa shape index (κ1) is 16.2. The molecule has 0 spiro atoms. The predicted molar refractivity (Wildman–Crippen MR) is 92.8 cm³/mol. The third kappa shape index (κ3) is 3.16. The highest BCUT2D eigenvalue weighted by Crippen LogP contribution is 2.40. The number of hydrogen-bond donors (Lipinski definition) is 0. The Labute approximate surface area is 142 Å². The highest BCUT2D eigenvalue weighted by molar-refractivity contribution is 6.10. The van der Waals surface area contributed by atoms with Crippen LogP contribution in [0, 0.1) is 5.92 Å². The van der Waals surface area contributed by atoms with E-state index in [1.165, 1.54) is 7.11 Å². The zero-order valence-corrected chi connectivity index (χ0v) is 13.6. The average molecular weight is 320 g/mol. The van der Waals surface area contributed by atoms with Gasteiger partial charge in [0.1, 0.15) is 0 Å². The summed E-state index contributed by atoms with van der Waals surface area (Å²) in [7, 11) is 1.40. The first-order valence-electron chi connectivity index (χ1n) is 8.15. The van der Waals surface area contributed by atoms with Crippen LogP contribution < -0.4 is 0 Å². The van der Waals surface area contributed by atoms with E-state index in [2.05, 4.69) is 0 Å². The van der Waals surface area contributed by atoms with E-state index in [1.54, 1.807) is 0 Å². The summed E-state index contributed by atoms with van der Waals surface area (Å²) < 4.78 is 5.00. The number of allylic oxidation sites excluding steroid dienone is 2. The number of hydrogen-bond acceptors (Lipinski definition) is 3. The van der Waals surface area contributed by atoms with Gasteiger partial charge in [-0.3, -0.25) is 9.59 Å². The molecule has 0 N–H and O–H groups in total. The molecule has 1 aliphatic rings. The van der Waals surface area contributed by atoms with E-state index in [0.29, 0.717) is 24.0 Å². The molecule has 2 aromatic carbocycles. The molecule has 1 aliphatic carbocycles. The zero-order valence-electron chi connectivity index (χ0n) is 13.6. The maximum absolute atomic E-state index is 13.0. The maximum atomic E-state index is 13.0. The molecule has 0 saturated carbocycles. The summed E-state index contributed by atoms with van der Waals surface area (Å²) in [5.41, 5.74) is 2.31. The van der Waals surface area contributed by atoms with E-state index in [0.717, 1.165) is 5.56 Å². The zero-order chi connectivity index (χ0) is 16.9. The Morgan fingerprint density at radius 3 is 2.21 bits per heavy atom. The number of rotatable bonds is 4. The fourth-order valence-corrected chi connectivity index (χ4v) is 3.40. The Morgan fingerprint density at radius 1 is 0.958 bits per heavy atom. The Bertz CT molecular complexity index is 747. The van der Waals surface area contributed by atoms with Crippen LogP contribution in [0.3, 0.4) is 0 Å². The third-order valence-electron chi connectivity index (χ3n) is 4.54. The molecule has 0 heterocycles. The van der Waals surface area contributed by atoms with Crippen LogP contribution in [0.1, 0.15) is 34.7 Å². The molecule has 2 atom stereocenters. The molecule has 0 radical (unpaired) electrons. The monoisotopic (exact) mass is 320 g/mol. The molecule has 3 nitrogen and oxygen atoms in total. The van der Waals surface area contributed by atoms with Crippen LogP contribution in [-0.2, 0) is 9.53 Å². The Kier molecular flexibility index (Phi) is 4.90. The second kappa shape index (κ2) is 7.26. The van der Waals surface area contributed by atoms with Gasteiger partial charge in [-0.15, -0.1) is 0 Å². The van der Waals surface area contributed by atoms with Crippen molar-refractivity contribution >= 4 is 11.8 Å². The minimum absolute atomic E-state index is 0.0157. The number of methoxy groups -OCH3 is 1. The lowest BCUT2D eigenvalue weighted by molar-refractivity contribution is -0.146. The van der Waals surface area contributed by atoms with E-state index in [1.807, 2.05) is 66.7 Å². The van der Waals surface area contributed by atoms with Gasteiger partial charge in [-0.25, -0.2) is 0 Å². The molecule has 0 aliphatic heterocycles. The summed E-state index contributed by atoms with van der Waals surface area (Å²) in [6, 6.07) is 19.0. The van der Waals surface area contributed by atoms with Gasteiger partial charge in [0.2, 0.25) is 0 Å². The van der Waals surface area contributed by atoms with Gasteiger partial charge in [-0.2, -0.15) is 0 Å². The van der Waals surface area contributed by atoms with Crippen molar-refractivity contribution in [3.05, 3.63) is 83.4 Å². The first-order chi connectivity index (χ1) is 11.7. The second-order valence-electron chi connectivity index (χ2n) is 5.95. The molecule has 3 heteroatoms. The molecular weight excluding hydrogens is 300 g/mol. The van der Waals surface area contributed by atoms with E-state index in [9.17, 15) is 9.59 Å². The average Bonchev–Trinajstić information content (AvgIpc) is 2.67. The molecule has 2 aromatic rings. The van der Waals surface area contributed by atoms with Crippen LogP contribution >= 0.6 is 0 Å². The van der Waals surface area contributed by atoms with Crippen molar-refractivity contribution in [2.75, 3.05) is 7.11 Å². The summed E-state index contributed by atoms with van der Waals surface area (Å²) >= 11 is 0. The summed E-state index contributed by atoms with van der Waals surface area (Å²) in [5, 5.41) is 0. The van der Waals surface area contributed by atoms with Crippen molar-refractivity contribution in [3.63, 3.8) is 0 Å². The van der Waals surface area contributed by atoms with E-state index < -0.39 is 0 Å².